The molecule has 1 rings (SSSR count). The quantitative estimate of drug-likeness (QED) is 0.806. The summed E-state index contributed by atoms with van der Waals surface area (Å²) in [5, 5.41) is 9.74. The maximum absolute atomic E-state index is 11.5. The molecule has 0 aromatic carbocycles. The number of hydrogen-bond acceptors (Lipinski definition) is 4. The summed E-state index contributed by atoms with van der Waals surface area (Å²) < 4.78 is 0. The smallest absolute Gasteiger partial charge is 0.272 e. The van der Waals surface area contributed by atoms with Crippen LogP contribution in [0.1, 0.15) is 10.5 Å². The first kappa shape index (κ1) is 12.4. The number of nitrogens with zero attached hydrogens (tertiary/aromatic N) is 3. The summed E-state index contributed by atoms with van der Waals surface area (Å²) >= 11 is 5.52. The molecule has 0 aliphatic heterocycles. The molecular weight excluding hydrogens is 232 g/mol. The summed E-state index contributed by atoms with van der Waals surface area (Å²) in [5.41, 5.74) is 0.121. The lowest BCUT2D eigenvalue weighted by atomic mass is 10.3. The van der Waals surface area contributed by atoms with Gasteiger partial charge in [0.05, 0.1) is 6.54 Å². The second kappa shape index (κ2) is 5.41. The Kier molecular flexibility index (Phi) is 4.19. The van der Waals surface area contributed by atoms with E-state index in [0.29, 0.717) is 0 Å². The van der Waals surface area contributed by atoms with Crippen molar-refractivity contribution in [2.24, 2.45) is 0 Å². The summed E-state index contributed by atoms with van der Waals surface area (Å²) in [7, 11) is 3.22. The lowest BCUT2D eigenvalue weighted by molar-refractivity contribution is -0.127. The predicted molar refractivity (Wildman–Crippen MR) is 58.1 cm³/mol. The zero-order valence-electron chi connectivity index (χ0n) is 8.90. The molecule has 1 N–H and O–H groups in total. The van der Waals surface area contributed by atoms with E-state index in [1.807, 2.05) is 0 Å². The van der Waals surface area contributed by atoms with Gasteiger partial charge in [-0.05, 0) is 12.1 Å². The molecule has 0 atom stereocenters. The number of carbonyl (C=O) groups excluding carboxylic acids is 2. The van der Waals surface area contributed by atoms with Crippen molar-refractivity contribution in [1.82, 2.24) is 20.4 Å². The fourth-order valence-electron chi connectivity index (χ4n) is 0.842. The minimum Gasteiger partial charge on any atom is -0.347 e. The molecule has 86 valence electrons. The molecule has 0 saturated carbocycles. The average Bonchev–Trinajstić information content (AvgIpc) is 2.26. The van der Waals surface area contributed by atoms with Crippen molar-refractivity contribution >= 4 is 23.4 Å². The number of halogens is 1. The highest BCUT2D eigenvalue weighted by molar-refractivity contribution is 6.29. The minimum absolute atomic E-state index is 0.0733. The van der Waals surface area contributed by atoms with Crippen LogP contribution in [0, 0.1) is 0 Å². The number of amides is 2. The Balaban J connectivity index is 2.53. The van der Waals surface area contributed by atoms with Crippen LogP contribution in [0.3, 0.4) is 0 Å². The Morgan fingerprint density at radius 2 is 2.06 bits per heavy atom. The van der Waals surface area contributed by atoms with Crippen LogP contribution in [-0.2, 0) is 4.79 Å². The van der Waals surface area contributed by atoms with Crippen LogP contribution in [0.25, 0.3) is 0 Å². The minimum atomic E-state index is -0.459. The SMILES string of the molecule is CN(C)C(=O)CNC(=O)c1ccc(Cl)nn1. The van der Waals surface area contributed by atoms with Crippen LogP contribution in [0.4, 0.5) is 0 Å². The van der Waals surface area contributed by atoms with Gasteiger partial charge >= 0.3 is 0 Å². The highest BCUT2D eigenvalue weighted by atomic mass is 35.5. The van der Waals surface area contributed by atoms with E-state index in [2.05, 4.69) is 15.5 Å². The van der Waals surface area contributed by atoms with E-state index in [4.69, 9.17) is 11.6 Å². The Morgan fingerprint density at radius 3 is 2.56 bits per heavy atom. The predicted octanol–water partition coefficient (Wildman–Crippen LogP) is -0.0520. The summed E-state index contributed by atoms with van der Waals surface area (Å²) in [6.07, 6.45) is 0. The van der Waals surface area contributed by atoms with Gasteiger partial charge < -0.3 is 10.2 Å². The van der Waals surface area contributed by atoms with E-state index in [1.54, 1.807) is 14.1 Å². The molecule has 16 heavy (non-hydrogen) atoms. The van der Waals surface area contributed by atoms with Crippen LogP contribution in [0.15, 0.2) is 12.1 Å². The van der Waals surface area contributed by atoms with Gasteiger partial charge in [-0.2, -0.15) is 0 Å². The molecule has 0 unspecified atom stereocenters. The number of carbonyl (C=O) groups is 2. The van der Waals surface area contributed by atoms with Gasteiger partial charge in [0.15, 0.2) is 10.8 Å². The van der Waals surface area contributed by atoms with Crippen molar-refractivity contribution in [2.45, 2.75) is 0 Å². The van der Waals surface area contributed by atoms with Crippen molar-refractivity contribution in [2.75, 3.05) is 20.6 Å². The highest BCUT2D eigenvalue weighted by Gasteiger charge is 2.10. The van der Waals surface area contributed by atoms with Crippen molar-refractivity contribution < 1.29 is 9.59 Å². The lowest BCUT2D eigenvalue weighted by Crippen LogP contribution is -2.36. The molecule has 0 spiro atoms. The molecule has 2 amide bonds. The molecule has 1 aromatic rings. The maximum atomic E-state index is 11.5. The van der Waals surface area contributed by atoms with Gasteiger partial charge in [-0.25, -0.2) is 0 Å². The number of nitrogens with one attached hydrogen (secondary N) is 1. The third-order valence-electron chi connectivity index (χ3n) is 1.76. The molecule has 0 radical (unpaired) electrons. The third kappa shape index (κ3) is 3.47. The van der Waals surface area contributed by atoms with Crippen LogP contribution in [0.2, 0.25) is 5.15 Å². The second-order valence-corrected chi connectivity index (χ2v) is 3.60. The Labute approximate surface area is 97.6 Å². The topological polar surface area (TPSA) is 75.2 Å². The summed E-state index contributed by atoms with van der Waals surface area (Å²) in [4.78, 5) is 24.0. The number of likely N-dealkylation sites (N-methyl/N-ethyl adjacent to an activating group) is 1. The van der Waals surface area contributed by atoms with Crippen LogP contribution < -0.4 is 5.32 Å². The Bertz CT molecular complexity index is 391. The fourth-order valence-corrected chi connectivity index (χ4v) is 0.942. The zero-order valence-corrected chi connectivity index (χ0v) is 9.65. The number of aromatic nitrogens is 2. The zero-order chi connectivity index (χ0) is 12.1. The molecular formula is C9H11ClN4O2. The van der Waals surface area contributed by atoms with E-state index >= 15 is 0 Å². The van der Waals surface area contributed by atoms with Gasteiger partial charge in [0.2, 0.25) is 5.91 Å². The standard InChI is InChI=1S/C9H11ClN4O2/c1-14(2)8(15)5-11-9(16)6-3-4-7(10)13-12-6/h3-4H,5H2,1-2H3,(H,11,16). The summed E-state index contributed by atoms with van der Waals surface area (Å²) in [5.74, 6) is -0.658. The van der Waals surface area contributed by atoms with Gasteiger partial charge in [0.1, 0.15) is 0 Å². The molecule has 0 fully saturated rings. The number of rotatable bonds is 3. The average molecular weight is 243 g/mol. The maximum Gasteiger partial charge on any atom is 0.272 e. The molecule has 0 aliphatic rings. The third-order valence-corrected chi connectivity index (χ3v) is 1.97. The summed E-state index contributed by atoms with van der Waals surface area (Å²) in [6.45, 7) is -0.0733. The first-order chi connectivity index (χ1) is 7.50. The van der Waals surface area contributed by atoms with Gasteiger partial charge in [0, 0.05) is 14.1 Å². The van der Waals surface area contributed by atoms with Crippen molar-refractivity contribution in [3.63, 3.8) is 0 Å². The van der Waals surface area contributed by atoms with E-state index in [1.165, 1.54) is 17.0 Å². The first-order valence-corrected chi connectivity index (χ1v) is 4.86. The van der Waals surface area contributed by atoms with Crippen molar-refractivity contribution in [3.05, 3.63) is 23.0 Å². The molecule has 6 nitrogen and oxygen atoms in total. The van der Waals surface area contributed by atoms with E-state index < -0.39 is 5.91 Å². The highest BCUT2D eigenvalue weighted by Crippen LogP contribution is 2.01. The van der Waals surface area contributed by atoms with E-state index in [0.717, 1.165) is 0 Å². The van der Waals surface area contributed by atoms with Gasteiger partial charge in [0.25, 0.3) is 5.91 Å². The number of hydrogen-bond donors (Lipinski definition) is 1. The van der Waals surface area contributed by atoms with Crippen LogP contribution >= 0.6 is 11.6 Å². The van der Waals surface area contributed by atoms with Crippen LogP contribution in [0.5, 0.6) is 0 Å². The largest absolute Gasteiger partial charge is 0.347 e. The Morgan fingerprint density at radius 1 is 1.38 bits per heavy atom. The van der Waals surface area contributed by atoms with Gasteiger partial charge in [-0.1, -0.05) is 11.6 Å². The van der Waals surface area contributed by atoms with Gasteiger partial charge in [-0.15, -0.1) is 10.2 Å². The molecule has 1 heterocycles. The van der Waals surface area contributed by atoms with E-state index in [9.17, 15) is 9.59 Å². The van der Waals surface area contributed by atoms with Crippen molar-refractivity contribution in [3.8, 4) is 0 Å². The van der Waals surface area contributed by atoms with Crippen molar-refractivity contribution in [1.29, 1.82) is 0 Å². The second-order valence-electron chi connectivity index (χ2n) is 3.21. The molecule has 0 bridgehead atoms. The monoisotopic (exact) mass is 242 g/mol. The van der Waals surface area contributed by atoms with Gasteiger partial charge in [-0.3, -0.25) is 9.59 Å². The molecule has 0 saturated heterocycles. The molecule has 7 heteroatoms. The Hall–Kier alpha value is -1.69. The molecule has 0 aliphatic carbocycles. The fraction of sp³-hybridized carbons (Fsp3) is 0.333. The summed E-state index contributed by atoms with van der Waals surface area (Å²) in [6, 6.07) is 2.89. The normalized spacial score (nSPS) is 9.69. The molecule has 1 aromatic heterocycles. The van der Waals surface area contributed by atoms with Crippen LogP contribution in [-0.4, -0.2) is 47.6 Å². The van der Waals surface area contributed by atoms with E-state index in [-0.39, 0.29) is 23.3 Å². The lowest BCUT2D eigenvalue weighted by Gasteiger charge is -2.10. The first-order valence-electron chi connectivity index (χ1n) is 4.48.